The monoisotopic (exact) mass is 320 g/mol. The molecule has 1 aliphatic rings. The normalized spacial score (nSPS) is 16.5. The molecule has 22 heavy (non-hydrogen) atoms. The number of hydrogen-bond donors (Lipinski definition) is 1. The zero-order valence-electron chi connectivity index (χ0n) is 12.8. The SMILES string of the molecule is Cn1cc(CCN=C(N)N2CCOCC2)c2ccc(Cl)cc21. The van der Waals surface area contributed by atoms with Crippen molar-refractivity contribution in [3.63, 3.8) is 0 Å². The van der Waals surface area contributed by atoms with Crippen molar-refractivity contribution in [2.24, 2.45) is 17.8 Å². The Bertz CT molecular complexity index is 689. The van der Waals surface area contributed by atoms with Crippen LogP contribution in [-0.2, 0) is 18.2 Å². The molecule has 0 amide bonds. The maximum atomic E-state index is 6.06. The summed E-state index contributed by atoms with van der Waals surface area (Å²) in [5.74, 6) is 0.617. The topological polar surface area (TPSA) is 55.8 Å². The van der Waals surface area contributed by atoms with E-state index in [-0.39, 0.29) is 0 Å². The van der Waals surface area contributed by atoms with E-state index in [4.69, 9.17) is 22.1 Å². The highest BCUT2D eigenvalue weighted by molar-refractivity contribution is 6.31. The number of aryl methyl sites for hydroxylation is 1. The molecule has 1 fully saturated rings. The van der Waals surface area contributed by atoms with Gasteiger partial charge in [0.05, 0.1) is 13.2 Å². The van der Waals surface area contributed by atoms with Gasteiger partial charge >= 0.3 is 0 Å². The first-order chi connectivity index (χ1) is 10.6. The van der Waals surface area contributed by atoms with Crippen LogP contribution in [0.15, 0.2) is 29.4 Å². The summed E-state index contributed by atoms with van der Waals surface area (Å²) in [7, 11) is 2.04. The lowest BCUT2D eigenvalue weighted by molar-refractivity contribution is 0.0674. The molecule has 2 heterocycles. The molecule has 0 atom stereocenters. The quantitative estimate of drug-likeness (QED) is 0.695. The molecule has 118 valence electrons. The Hall–Kier alpha value is -1.72. The lowest BCUT2D eigenvalue weighted by Gasteiger charge is -2.27. The maximum Gasteiger partial charge on any atom is 0.191 e. The second-order valence-electron chi connectivity index (χ2n) is 5.52. The Labute approximate surface area is 135 Å². The fraction of sp³-hybridized carbons (Fsp3) is 0.438. The fourth-order valence-corrected chi connectivity index (χ4v) is 2.99. The summed E-state index contributed by atoms with van der Waals surface area (Å²) in [4.78, 5) is 6.58. The van der Waals surface area contributed by atoms with Gasteiger partial charge in [-0.05, 0) is 24.1 Å². The first kappa shape index (κ1) is 15.2. The summed E-state index contributed by atoms with van der Waals surface area (Å²) < 4.78 is 7.42. The van der Waals surface area contributed by atoms with E-state index < -0.39 is 0 Å². The standard InChI is InChI=1S/C16H21ClN4O/c1-20-11-12(14-3-2-13(17)10-15(14)20)4-5-19-16(18)21-6-8-22-9-7-21/h2-3,10-11H,4-9H2,1H3,(H2,18,19). The summed E-state index contributed by atoms with van der Waals surface area (Å²) in [6, 6.07) is 5.99. The third kappa shape index (κ3) is 3.20. The number of aliphatic imine (C=N–C) groups is 1. The second kappa shape index (κ2) is 6.58. The zero-order valence-corrected chi connectivity index (χ0v) is 13.5. The number of morpholine rings is 1. The van der Waals surface area contributed by atoms with Crippen LogP contribution in [-0.4, -0.2) is 48.3 Å². The molecule has 6 heteroatoms. The summed E-state index contributed by atoms with van der Waals surface area (Å²) in [6.45, 7) is 3.77. The van der Waals surface area contributed by atoms with E-state index in [0.717, 1.165) is 43.3 Å². The first-order valence-corrected chi connectivity index (χ1v) is 7.89. The van der Waals surface area contributed by atoms with E-state index in [1.165, 1.54) is 10.9 Å². The van der Waals surface area contributed by atoms with E-state index in [1.807, 2.05) is 19.2 Å². The number of halogens is 1. The minimum atomic E-state index is 0.617. The lowest BCUT2D eigenvalue weighted by Crippen LogP contribution is -2.44. The van der Waals surface area contributed by atoms with Crippen LogP contribution in [0.25, 0.3) is 10.9 Å². The highest BCUT2D eigenvalue weighted by Crippen LogP contribution is 2.24. The summed E-state index contributed by atoms with van der Waals surface area (Å²) in [5, 5.41) is 1.99. The molecule has 1 saturated heterocycles. The van der Waals surface area contributed by atoms with Gasteiger partial charge in [0.15, 0.2) is 5.96 Å². The van der Waals surface area contributed by atoms with Gasteiger partial charge < -0.3 is 19.9 Å². The molecule has 1 aromatic carbocycles. The smallest absolute Gasteiger partial charge is 0.191 e. The zero-order chi connectivity index (χ0) is 15.5. The van der Waals surface area contributed by atoms with E-state index in [9.17, 15) is 0 Å². The average Bonchev–Trinajstić information content (AvgIpc) is 2.84. The molecular weight excluding hydrogens is 300 g/mol. The van der Waals surface area contributed by atoms with Gasteiger partial charge in [0.25, 0.3) is 0 Å². The summed E-state index contributed by atoms with van der Waals surface area (Å²) in [5.41, 5.74) is 8.46. The van der Waals surface area contributed by atoms with E-state index >= 15 is 0 Å². The molecule has 0 bridgehead atoms. The molecule has 0 unspecified atom stereocenters. The Morgan fingerprint density at radius 2 is 2.14 bits per heavy atom. The highest BCUT2D eigenvalue weighted by Gasteiger charge is 2.12. The van der Waals surface area contributed by atoms with E-state index in [1.54, 1.807) is 0 Å². The van der Waals surface area contributed by atoms with Crippen molar-refractivity contribution in [3.05, 3.63) is 35.0 Å². The Morgan fingerprint density at radius 3 is 2.91 bits per heavy atom. The van der Waals surface area contributed by atoms with Gasteiger partial charge in [0.1, 0.15) is 0 Å². The predicted molar refractivity (Wildman–Crippen MR) is 90.5 cm³/mol. The van der Waals surface area contributed by atoms with Crippen molar-refractivity contribution in [3.8, 4) is 0 Å². The maximum absolute atomic E-state index is 6.06. The first-order valence-electron chi connectivity index (χ1n) is 7.51. The minimum absolute atomic E-state index is 0.617. The largest absolute Gasteiger partial charge is 0.378 e. The molecule has 0 spiro atoms. The lowest BCUT2D eigenvalue weighted by atomic mass is 10.1. The van der Waals surface area contributed by atoms with Crippen molar-refractivity contribution in [2.75, 3.05) is 32.8 Å². The number of nitrogens with zero attached hydrogens (tertiary/aromatic N) is 3. The van der Waals surface area contributed by atoms with Gasteiger partial charge in [-0.25, -0.2) is 0 Å². The molecule has 2 aromatic rings. The number of benzene rings is 1. The molecule has 1 aliphatic heterocycles. The highest BCUT2D eigenvalue weighted by atomic mass is 35.5. The summed E-state index contributed by atoms with van der Waals surface area (Å²) >= 11 is 6.06. The number of nitrogens with two attached hydrogens (primary N) is 1. The third-order valence-electron chi connectivity index (χ3n) is 4.03. The van der Waals surface area contributed by atoms with Crippen molar-refractivity contribution < 1.29 is 4.74 Å². The van der Waals surface area contributed by atoms with Crippen molar-refractivity contribution in [2.45, 2.75) is 6.42 Å². The number of fused-ring (bicyclic) bond motifs is 1. The average molecular weight is 321 g/mol. The summed E-state index contributed by atoms with van der Waals surface area (Å²) in [6.07, 6.45) is 3.01. The number of hydrogen-bond acceptors (Lipinski definition) is 2. The Balaban J connectivity index is 1.69. The van der Waals surface area contributed by atoms with Gasteiger partial charge in [-0.3, -0.25) is 4.99 Å². The molecule has 1 aromatic heterocycles. The van der Waals surface area contributed by atoms with Crippen LogP contribution in [0.2, 0.25) is 5.02 Å². The molecule has 5 nitrogen and oxygen atoms in total. The molecular formula is C16H21ClN4O. The molecule has 2 N–H and O–H groups in total. The second-order valence-corrected chi connectivity index (χ2v) is 5.95. The van der Waals surface area contributed by atoms with Crippen LogP contribution in [0.4, 0.5) is 0 Å². The Morgan fingerprint density at radius 1 is 1.36 bits per heavy atom. The predicted octanol–water partition coefficient (Wildman–Crippen LogP) is 2.02. The van der Waals surface area contributed by atoms with Crippen LogP contribution < -0.4 is 5.73 Å². The van der Waals surface area contributed by atoms with Crippen LogP contribution in [0, 0.1) is 0 Å². The minimum Gasteiger partial charge on any atom is -0.378 e. The van der Waals surface area contributed by atoms with Gasteiger partial charge in [0.2, 0.25) is 0 Å². The van der Waals surface area contributed by atoms with Crippen LogP contribution >= 0.6 is 11.6 Å². The van der Waals surface area contributed by atoms with Gasteiger partial charge in [0, 0.05) is 48.8 Å². The molecule has 0 aliphatic carbocycles. The third-order valence-corrected chi connectivity index (χ3v) is 4.26. The van der Waals surface area contributed by atoms with Crippen LogP contribution in [0.1, 0.15) is 5.56 Å². The molecule has 3 rings (SSSR count). The van der Waals surface area contributed by atoms with Crippen LogP contribution in [0.3, 0.4) is 0 Å². The molecule has 0 saturated carbocycles. The van der Waals surface area contributed by atoms with Crippen LogP contribution in [0.5, 0.6) is 0 Å². The van der Waals surface area contributed by atoms with Crippen molar-refractivity contribution in [1.29, 1.82) is 0 Å². The van der Waals surface area contributed by atoms with E-state index in [2.05, 4.69) is 26.7 Å². The van der Waals surface area contributed by atoms with E-state index in [0.29, 0.717) is 12.5 Å². The van der Waals surface area contributed by atoms with Crippen molar-refractivity contribution in [1.82, 2.24) is 9.47 Å². The number of guanidine groups is 1. The number of ether oxygens (including phenoxy) is 1. The number of rotatable bonds is 3. The van der Waals surface area contributed by atoms with Gasteiger partial charge in [-0.15, -0.1) is 0 Å². The number of aromatic nitrogens is 1. The fourth-order valence-electron chi connectivity index (χ4n) is 2.82. The Kier molecular flexibility index (Phi) is 4.55. The van der Waals surface area contributed by atoms with Gasteiger partial charge in [-0.2, -0.15) is 0 Å². The van der Waals surface area contributed by atoms with Gasteiger partial charge in [-0.1, -0.05) is 17.7 Å². The molecule has 0 radical (unpaired) electrons. The van der Waals surface area contributed by atoms with Crippen molar-refractivity contribution >= 4 is 28.5 Å².